The lowest BCUT2D eigenvalue weighted by molar-refractivity contribution is 0.0775. The number of hydrogen-bond donors (Lipinski definition) is 0. The van der Waals surface area contributed by atoms with Crippen LogP contribution in [0.3, 0.4) is 0 Å². The molecule has 3 rings (SSSR count). The van der Waals surface area contributed by atoms with Crippen LogP contribution in [-0.4, -0.2) is 36.5 Å². The van der Waals surface area contributed by atoms with Gasteiger partial charge in [0.05, 0.1) is 4.47 Å². The van der Waals surface area contributed by atoms with Gasteiger partial charge < -0.3 is 14.4 Å². The summed E-state index contributed by atoms with van der Waals surface area (Å²) in [6, 6.07) is 16.3. The molecule has 5 heteroatoms. The monoisotopic (exact) mass is 399 g/mol. The molecule has 0 unspecified atom stereocenters. The predicted octanol–water partition coefficient (Wildman–Crippen LogP) is 4.28. The van der Waals surface area contributed by atoms with Gasteiger partial charge >= 0.3 is 0 Å². The van der Waals surface area contributed by atoms with E-state index in [0.29, 0.717) is 12.2 Å². The van der Waals surface area contributed by atoms with E-state index in [1.165, 1.54) is 0 Å². The molecule has 130 valence electrons. The molecule has 3 aromatic rings. The summed E-state index contributed by atoms with van der Waals surface area (Å²) in [6.07, 6.45) is 0. The second-order valence-corrected chi connectivity index (χ2v) is 7.25. The van der Waals surface area contributed by atoms with Gasteiger partial charge in [-0.15, -0.1) is 0 Å². The number of rotatable bonds is 4. The van der Waals surface area contributed by atoms with Crippen LogP contribution in [0.5, 0.6) is 0 Å². The Balaban J connectivity index is 1.85. The van der Waals surface area contributed by atoms with E-state index in [2.05, 4.69) is 45.1 Å². The Morgan fingerprint density at radius 1 is 1.04 bits per heavy atom. The lowest BCUT2D eigenvalue weighted by Gasteiger charge is -2.19. The Kier molecular flexibility index (Phi) is 4.86. The minimum atomic E-state index is 0.00209. The Bertz CT molecular complexity index is 874. The number of aromatic nitrogens is 1. The first-order valence-corrected chi connectivity index (χ1v) is 8.94. The van der Waals surface area contributed by atoms with Crippen LogP contribution in [0.15, 0.2) is 53.0 Å². The first-order valence-electron chi connectivity index (χ1n) is 8.14. The SMILES string of the molecule is CN(Cc1ccc(N(C)C)cc1)C(=O)c1c(Br)c2ccccc2n1C. The maximum absolute atomic E-state index is 13.0. The Hall–Kier alpha value is -2.27. The molecule has 0 aliphatic heterocycles. The van der Waals surface area contributed by atoms with Gasteiger partial charge in [-0.1, -0.05) is 30.3 Å². The zero-order valence-electron chi connectivity index (χ0n) is 15.0. The number of carbonyl (C=O) groups is 1. The number of anilines is 1. The molecule has 0 bridgehead atoms. The van der Waals surface area contributed by atoms with Gasteiger partial charge in [-0.05, 0) is 39.7 Å². The summed E-state index contributed by atoms with van der Waals surface area (Å²) in [5.41, 5.74) is 3.97. The molecule has 25 heavy (non-hydrogen) atoms. The third-order valence-corrected chi connectivity index (χ3v) is 5.27. The molecule has 0 atom stereocenters. The van der Waals surface area contributed by atoms with E-state index in [-0.39, 0.29) is 5.91 Å². The largest absolute Gasteiger partial charge is 0.378 e. The molecule has 0 aliphatic carbocycles. The summed E-state index contributed by atoms with van der Waals surface area (Å²) in [7, 11) is 7.80. The molecule has 0 aliphatic rings. The number of nitrogens with zero attached hydrogens (tertiary/aromatic N) is 3. The molecule has 0 saturated carbocycles. The molecule has 4 nitrogen and oxygen atoms in total. The molecule has 0 fully saturated rings. The molecule has 1 aromatic heterocycles. The van der Waals surface area contributed by atoms with Gasteiger partial charge in [0.25, 0.3) is 5.91 Å². The van der Waals surface area contributed by atoms with E-state index < -0.39 is 0 Å². The van der Waals surface area contributed by atoms with Gasteiger partial charge in [-0.3, -0.25) is 4.79 Å². The smallest absolute Gasteiger partial charge is 0.271 e. The Labute approximate surface area is 156 Å². The van der Waals surface area contributed by atoms with Gasteiger partial charge in [-0.2, -0.15) is 0 Å². The fourth-order valence-corrected chi connectivity index (χ4v) is 3.78. The average Bonchev–Trinajstić information content (AvgIpc) is 2.86. The Morgan fingerprint density at radius 3 is 2.28 bits per heavy atom. The highest BCUT2D eigenvalue weighted by atomic mass is 79.9. The summed E-state index contributed by atoms with van der Waals surface area (Å²) >= 11 is 3.61. The van der Waals surface area contributed by atoms with Crippen molar-refractivity contribution in [2.24, 2.45) is 7.05 Å². The van der Waals surface area contributed by atoms with Gasteiger partial charge in [0, 0.05) is 51.3 Å². The quantitative estimate of drug-likeness (QED) is 0.654. The molecule has 0 spiro atoms. The van der Waals surface area contributed by atoms with Crippen LogP contribution in [0.2, 0.25) is 0 Å². The highest BCUT2D eigenvalue weighted by molar-refractivity contribution is 9.10. The number of amides is 1. The van der Waals surface area contributed by atoms with Gasteiger partial charge in [0.1, 0.15) is 5.69 Å². The average molecular weight is 400 g/mol. The van der Waals surface area contributed by atoms with E-state index >= 15 is 0 Å². The summed E-state index contributed by atoms with van der Waals surface area (Å²) < 4.78 is 2.80. The van der Waals surface area contributed by atoms with Crippen molar-refractivity contribution in [3.05, 3.63) is 64.3 Å². The summed E-state index contributed by atoms with van der Waals surface area (Å²) in [6.45, 7) is 0.570. The fraction of sp³-hybridized carbons (Fsp3) is 0.250. The topological polar surface area (TPSA) is 28.5 Å². The molecule has 2 aromatic carbocycles. The van der Waals surface area contributed by atoms with E-state index in [1.807, 2.05) is 57.0 Å². The molecule has 0 radical (unpaired) electrons. The molecule has 1 heterocycles. The maximum Gasteiger partial charge on any atom is 0.271 e. The lowest BCUT2D eigenvalue weighted by atomic mass is 10.2. The van der Waals surface area contributed by atoms with Gasteiger partial charge in [0.15, 0.2) is 0 Å². The first kappa shape index (κ1) is 17.5. The van der Waals surface area contributed by atoms with E-state index in [1.54, 1.807) is 4.90 Å². The number of halogens is 1. The van der Waals surface area contributed by atoms with E-state index in [4.69, 9.17) is 0 Å². The van der Waals surface area contributed by atoms with Crippen LogP contribution in [0.4, 0.5) is 5.69 Å². The summed E-state index contributed by atoms with van der Waals surface area (Å²) in [4.78, 5) is 16.8. The second-order valence-electron chi connectivity index (χ2n) is 6.46. The van der Waals surface area contributed by atoms with Crippen molar-refractivity contribution < 1.29 is 4.79 Å². The number of benzene rings is 2. The summed E-state index contributed by atoms with van der Waals surface area (Å²) in [5, 5.41) is 1.05. The van der Waals surface area contributed by atoms with Crippen LogP contribution in [0.25, 0.3) is 10.9 Å². The number of fused-ring (bicyclic) bond motifs is 1. The van der Waals surface area contributed by atoms with E-state index in [9.17, 15) is 4.79 Å². The number of carbonyl (C=O) groups excluding carboxylic acids is 1. The highest BCUT2D eigenvalue weighted by Crippen LogP contribution is 2.31. The normalized spacial score (nSPS) is 10.9. The minimum Gasteiger partial charge on any atom is -0.378 e. The van der Waals surface area contributed by atoms with Crippen molar-refractivity contribution in [3.8, 4) is 0 Å². The highest BCUT2D eigenvalue weighted by Gasteiger charge is 2.22. The lowest BCUT2D eigenvalue weighted by Crippen LogP contribution is -2.28. The van der Waals surface area contributed by atoms with Crippen molar-refractivity contribution in [2.75, 3.05) is 26.0 Å². The van der Waals surface area contributed by atoms with Crippen LogP contribution in [-0.2, 0) is 13.6 Å². The van der Waals surface area contributed by atoms with Crippen LogP contribution < -0.4 is 4.90 Å². The second kappa shape index (κ2) is 6.92. The van der Waals surface area contributed by atoms with Gasteiger partial charge in [0.2, 0.25) is 0 Å². The third kappa shape index (κ3) is 3.29. The summed E-state index contributed by atoms with van der Waals surface area (Å²) in [5.74, 6) is 0.00209. The fourth-order valence-electron chi connectivity index (χ4n) is 3.01. The number of para-hydroxylation sites is 1. The van der Waals surface area contributed by atoms with Crippen molar-refractivity contribution in [3.63, 3.8) is 0 Å². The molecule has 1 amide bonds. The maximum atomic E-state index is 13.0. The van der Waals surface area contributed by atoms with Crippen LogP contribution in [0.1, 0.15) is 16.1 Å². The van der Waals surface area contributed by atoms with Crippen molar-refractivity contribution >= 4 is 38.4 Å². The molecule has 0 N–H and O–H groups in total. The molecule has 0 saturated heterocycles. The van der Waals surface area contributed by atoms with Crippen molar-refractivity contribution in [1.29, 1.82) is 0 Å². The third-order valence-electron chi connectivity index (χ3n) is 4.47. The predicted molar refractivity (Wildman–Crippen MR) is 107 cm³/mol. The minimum absolute atomic E-state index is 0.00209. The van der Waals surface area contributed by atoms with Crippen molar-refractivity contribution in [2.45, 2.75) is 6.54 Å². The molecular weight excluding hydrogens is 378 g/mol. The standard InChI is InChI=1S/C20H22BrN3O/c1-22(2)15-11-9-14(10-12-15)13-23(3)20(25)19-18(21)16-7-5-6-8-17(16)24(19)4/h5-12H,13H2,1-4H3. The number of aryl methyl sites for hydroxylation is 1. The van der Waals surface area contributed by atoms with Crippen molar-refractivity contribution in [1.82, 2.24) is 9.47 Å². The van der Waals surface area contributed by atoms with Gasteiger partial charge in [-0.25, -0.2) is 0 Å². The van der Waals surface area contributed by atoms with Crippen LogP contribution >= 0.6 is 15.9 Å². The van der Waals surface area contributed by atoms with E-state index in [0.717, 1.165) is 26.6 Å². The zero-order chi connectivity index (χ0) is 18.1. The zero-order valence-corrected chi connectivity index (χ0v) is 16.5. The first-order chi connectivity index (χ1) is 11.9. The number of hydrogen-bond acceptors (Lipinski definition) is 2. The van der Waals surface area contributed by atoms with Crippen LogP contribution in [0, 0.1) is 0 Å². The molecular formula is C20H22BrN3O. The Morgan fingerprint density at radius 2 is 1.68 bits per heavy atom.